The molecule has 3 fully saturated rings. The average molecular weight is 606 g/mol. The zero-order valence-electron chi connectivity index (χ0n) is 23.6. The Bertz CT molecular complexity index is 1430. The molecule has 0 spiro atoms. The smallest absolute Gasteiger partial charge is 0.405 e. The van der Waals surface area contributed by atoms with Crippen molar-refractivity contribution in [2.24, 2.45) is 5.92 Å². The molecule has 0 amide bonds. The van der Waals surface area contributed by atoms with Crippen molar-refractivity contribution in [3.8, 4) is 0 Å². The van der Waals surface area contributed by atoms with E-state index in [4.69, 9.17) is 18.6 Å². The standard InChI is InChI=1S/C30H34B2BrNO4S/c1-26(2)28(5)18-24(30(7)27(3,4)36-32(38-30)31(35-26)37-28)29(6)19-12-8-10-14-21(19)34(23-16-17-39-25(23)33)22-15-11-9-13-20(22)29/h8-17,24H,18H2,1-7H3. The maximum absolute atomic E-state index is 6.96. The molecule has 2 aromatic carbocycles. The second kappa shape index (κ2) is 8.24. The van der Waals surface area contributed by atoms with Crippen LogP contribution in [0, 0.1) is 5.92 Å². The van der Waals surface area contributed by atoms with Crippen LogP contribution in [0.1, 0.15) is 66.0 Å². The Balaban J connectivity index is 1.52. The van der Waals surface area contributed by atoms with Gasteiger partial charge in [-0.25, -0.2) is 0 Å². The fourth-order valence-corrected chi connectivity index (χ4v) is 8.81. The first-order valence-corrected chi connectivity index (χ1v) is 15.4. The molecule has 5 heterocycles. The molecule has 202 valence electrons. The SMILES string of the molecule is CC1(C2CC3(C)OB(OC3(C)C)B3OC(C)(C)C2(C)O3)c2ccccc2N(c2ccsc2Br)c2ccccc21. The van der Waals surface area contributed by atoms with Gasteiger partial charge in [0, 0.05) is 11.3 Å². The monoisotopic (exact) mass is 605 g/mol. The van der Waals surface area contributed by atoms with E-state index in [0.717, 1.165) is 15.9 Å². The summed E-state index contributed by atoms with van der Waals surface area (Å²) in [5, 5.41) is 2.14. The number of benzene rings is 2. The van der Waals surface area contributed by atoms with Gasteiger partial charge in [-0.2, -0.15) is 0 Å². The number of hydrogen-bond donors (Lipinski definition) is 0. The molecule has 3 saturated heterocycles. The molecule has 5 nitrogen and oxygen atoms in total. The molecule has 4 aliphatic heterocycles. The van der Waals surface area contributed by atoms with Gasteiger partial charge in [0.1, 0.15) is 0 Å². The average Bonchev–Trinajstić information content (AvgIpc) is 3.49. The van der Waals surface area contributed by atoms with Gasteiger partial charge in [-0.05, 0) is 98.6 Å². The number of hydrogen-bond acceptors (Lipinski definition) is 6. The van der Waals surface area contributed by atoms with Crippen LogP contribution in [0.2, 0.25) is 0 Å². The van der Waals surface area contributed by atoms with Crippen LogP contribution in [0.4, 0.5) is 17.1 Å². The van der Waals surface area contributed by atoms with E-state index in [2.05, 4.69) is 129 Å². The molecule has 1 aromatic heterocycles. The number of halogens is 1. The molecular weight excluding hydrogens is 572 g/mol. The third kappa shape index (κ3) is 3.35. The van der Waals surface area contributed by atoms with Gasteiger partial charge in [0.15, 0.2) is 0 Å². The summed E-state index contributed by atoms with van der Waals surface area (Å²) >= 11 is 5.53. The van der Waals surface area contributed by atoms with Gasteiger partial charge >= 0.3 is 14.0 Å². The third-order valence-corrected chi connectivity index (χ3v) is 12.1. The minimum absolute atomic E-state index is 0.00714. The van der Waals surface area contributed by atoms with Crippen LogP contribution in [0.5, 0.6) is 0 Å². The molecule has 9 heteroatoms. The van der Waals surface area contributed by atoms with Crippen LogP contribution < -0.4 is 4.90 Å². The highest BCUT2D eigenvalue weighted by Crippen LogP contribution is 2.64. The van der Waals surface area contributed by atoms with Gasteiger partial charge < -0.3 is 23.5 Å². The molecule has 4 aliphatic rings. The van der Waals surface area contributed by atoms with Crippen LogP contribution in [-0.4, -0.2) is 36.4 Å². The molecule has 0 aliphatic carbocycles. The third-order valence-electron chi connectivity index (χ3n) is 10.5. The summed E-state index contributed by atoms with van der Waals surface area (Å²) in [4.78, 5) is 2.40. The Kier molecular flexibility index (Phi) is 5.55. The lowest BCUT2D eigenvalue weighted by Crippen LogP contribution is -2.62. The molecule has 7 rings (SSSR count). The summed E-state index contributed by atoms with van der Waals surface area (Å²) in [6.07, 6.45) is 0.744. The van der Waals surface area contributed by atoms with E-state index in [-0.39, 0.29) is 5.92 Å². The topological polar surface area (TPSA) is 40.2 Å². The summed E-state index contributed by atoms with van der Waals surface area (Å²) in [5.74, 6) is -0.00714. The summed E-state index contributed by atoms with van der Waals surface area (Å²) in [6.45, 7) is 15.4. The number of fused-ring (bicyclic) bond motifs is 7. The van der Waals surface area contributed by atoms with Crippen LogP contribution in [0.3, 0.4) is 0 Å². The first kappa shape index (κ1) is 26.3. The van der Waals surface area contributed by atoms with E-state index in [1.807, 2.05) is 0 Å². The second-order valence-corrected chi connectivity index (χ2v) is 15.2. The van der Waals surface area contributed by atoms with Crippen LogP contribution in [-0.2, 0) is 24.0 Å². The van der Waals surface area contributed by atoms with E-state index in [9.17, 15) is 0 Å². The summed E-state index contributed by atoms with van der Waals surface area (Å²) in [7, 11) is -1.15. The number of anilines is 3. The molecular formula is C30H34B2BrNO4S. The maximum atomic E-state index is 6.96. The Labute approximate surface area is 244 Å². The molecule has 3 aromatic rings. The lowest BCUT2D eigenvalue weighted by Gasteiger charge is -2.57. The molecule has 0 radical (unpaired) electrons. The van der Waals surface area contributed by atoms with Gasteiger partial charge in [0.2, 0.25) is 0 Å². The predicted molar refractivity (Wildman–Crippen MR) is 162 cm³/mol. The largest absolute Gasteiger partial charge is 0.489 e. The van der Waals surface area contributed by atoms with Crippen molar-refractivity contribution in [1.29, 1.82) is 0 Å². The summed E-state index contributed by atoms with van der Waals surface area (Å²) < 4.78 is 28.0. The normalized spacial score (nSPS) is 31.5. The van der Waals surface area contributed by atoms with Gasteiger partial charge in [-0.15, -0.1) is 11.3 Å². The predicted octanol–water partition coefficient (Wildman–Crippen LogP) is 7.84. The zero-order valence-corrected chi connectivity index (χ0v) is 26.0. The quantitative estimate of drug-likeness (QED) is 0.278. The number of para-hydroxylation sites is 2. The van der Waals surface area contributed by atoms with Crippen molar-refractivity contribution < 1.29 is 18.6 Å². The van der Waals surface area contributed by atoms with E-state index >= 15 is 0 Å². The van der Waals surface area contributed by atoms with Crippen molar-refractivity contribution in [1.82, 2.24) is 0 Å². The lowest BCUT2D eigenvalue weighted by molar-refractivity contribution is -0.112. The molecule has 0 saturated carbocycles. The van der Waals surface area contributed by atoms with E-state index in [1.165, 1.54) is 22.5 Å². The van der Waals surface area contributed by atoms with Crippen LogP contribution >= 0.6 is 27.3 Å². The van der Waals surface area contributed by atoms with Gasteiger partial charge in [0.05, 0.1) is 43.3 Å². The zero-order chi connectivity index (χ0) is 27.6. The first-order chi connectivity index (χ1) is 18.3. The van der Waals surface area contributed by atoms with Crippen molar-refractivity contribution in [2.75, 3.05) is 4.90 Å². The van der Waals surface area contributed by atoms with Gasteiger partial charge in [0.25, 0.3) is 0 Å². The van der Waals surface area contributed by atoms with Crippen LogP contribution in [0.15, 0.2) is 63.8 Å². The summed E-state index contributed by atoms with van der Waals surface area (Å²) in [6, 6.07) is 19.9. The first-order valence-electron chi connectivity index (χ1n) is 13.8. The highest BCUT2D eigenvalue weighted by molar-refractivity contribution is 9.11. The molecule has 39 heavy (non-hydrogen) atoms. The maximum Gasteiger partial charge on any atom is 0.489 e. The minimum Gasteiger partial charge on any atom is -0.405 e. The fraction of sp³-hybridized carbons (Fsp3) is 0.467. The Morgan fingerprint density at radius 3 is 1.90 bits per heavy atom. The number of nitrogens with zero attached hydrogens (tertiary/aromatic N) is 1. The van der Waals surface area contributed by atoms with Crippen molar-refractivity contribution in [3.05, 3.63) is 74.9 Å². The number of thiophene rings is 1. The second-order valence-electron chi connectivity index (χ2n) is 13.0. The molecule has 3 unspecified atom stereocenters. The number of rotatable bonds is 2. The van der Waals surface area contributed by atoms with Crippen LogP contribution in [0.25, 0.3) is 0 Å². The van der Waals surface area contributed by atoms with Crippen molar-refractivity contribution >= 4 is 58.3 Å². The molecule has 4 bridgehead atoms. The Hall–Kier alpha value is -1.61. The van der Waals surface area contributed by atoms with Gasteiger partial charge in [-0.3, -0.25) is 0 Å². The van der Waals surface area contributed by atoms with Gasteiger partial charge in [-0.1, -0.05) is 43.3 Å². The van der Waals surface area contributed by atoms with E-state index < -0.39 is 41.8 Å². The Morgan fingerprint density at radius 1 is 0.744 bits per heavy atom. The highest BCUT2D eigenvalue weighted by atomic mass is 79.9. The van der Waals surface area contributed by atoms with Crippen molar-refractivity contribution in [2.45, 2.75) is 82.7 Å². The fourth-order valence-electron chi connectivity index (χ4n) is 7.58. The summed E-state index contributed by atoms with van der Waals surface area (Å²) in [5.41, 5.74) is 3.41. The van der Waals surface area contributed by atoms with E-state index in [0.29, 0.717) is 0 Å². The highest BCUT2D eigenvalue weighted by Gasteiger charge is 2.73. The lowest BCUT2D eigenvalue weighted by atomic mass is 9.48. The minimum atomic E-state index is -0.620. The molecule has 0 N–H and O–H groups in total. The van der Waals surface area contributed by atoms with Crippen molar-refractivity contribution in [3.63, 3.8) is 0 Å². The Morgan fingerprint density at radius 2 is 1.31 bits per heavy atom. The molecule has 3 atom stereocenters. The van der Waals surface area contributed by atoms with E-state index in [1.54, 1.807) is 11.3 Å².